The first-order valence-corrected chi connectivity index (χ1v) is 7.78. The first-order valence-electron chi connectivity index (χ1n) is 7.78. The zero-order chi connectivity index (χ0) is 17.1. The largest absolute Gasteiger partial charge is 0.465 e. The second kappa shape index (κ2) is 7.00. The molecule has 2 rings (SSSR count). The molecule has 23 heavy (non-hydrogen) atoms. The Bertz CT molecular complexity index is 572. The van der Waals surface area contributed by atoms with Crippen LogP contribution in [0.25, 0.3) is 0 Å². The predicted octanol–water partition coefficient (Wildman–Crippen LogP) is 2.61. The molecule has 1 saturated heterocycles. The third-order valence-corrected chi connectivity index (χ3v) is 4.59. The van der Waals surface area contributed by atoms with Crippen LogP contribution in [0.4, 0.5) is 4.79 Å². The molecule has 1 aromatic carbocycles. The summed E-state index contributed by atoms with van der Waals surface area (Å²) in [6.07, 6.45) is -0.862. The predicted molar refractivity (Wildman–Crippen MR) is 86.6 cm³/mol. The maximum absolute atomic E-state index is 11.5. The SMILES string of the molecule is COC(=O)c1ccc(C(C)N2CC(C)N(C(=O)O)CC2C)cc1. The van der Waals surface area contributed by atoms with Crippen molar-refractivity contribution in [2.45, 2.75) is 38.9 Å². The normalized spacial score (nSPS) is 23.4. The van der Waals surface area contributed by atoms with Gasteiger partial charge in [-0.2, -0.15) is 0 Å². The lowest BCUT2D eigenvalue weighted by atomic mass is 10.00. The molecule has 126 valence electrons. The highest BCUT2D eigenvalue weighted by Gasteiger charge is 2.34. The van der Waals surface area contributed by atoms with Gasteiger partial charge in [0.15, 0.2) is 0 Å². The molecule has 1 fully saturated rings. The Morgan fingerprint density at radius 2 is 1.78 bits per heavy atom. The highest BCUT2D eigenvalue weighted by atomic mass is 16.5. The molecular formula is C17H24N2O4. The van der Waals surface area contributed by atoms with Crippen LogP contribution in [0.15, 0.2) is 24.3 Å². The molecule has 0 saturated carbocycles. The maximum atomic E-state index is 11.5. The number of esters is 1. The number of methoxy groups -OCH3 is 1. The van der Waals surface area contributed by atoms with E-state index in [0.29, 0.717) is 18.7 Å². The van der Waals surface area contributed by atoms with Crippen LogP contribution in [0.5, 0.6) is 0 Å². The minimum absolute atomic E-state index is 0.0412. The Hall–Kier alpha value is -2.08. The van der Waals surface area contributed by atoms with Gasteiger partial charge >= 0.3 is 12.1 Å². The number of carbonyl (C=O) groups is 2. The van der Waals surface area contributed by atoms with Gasteiger partial charge in [0.1, 0.15) is 0 Å². The van der Waals surface area contributed by atoms with Gasteiger partial charge < -0.3 is 14.7 Å². The van der Waals surface area contributed by atoms with Crippen LogP contribution in [-0.2, 0) is 4.74 Å². The lowest BCUT2D eigenvalue weighted by molar-refractivity contribution is 0.0232. The van der Waals surface area contributed by atoms with Crippen LogP contribution in [0.2, 0.25) is 0 Å². The van der Waals surface area contributed by atoms with Gasteiger partial charge in [-0.3, -0.25) is 4.90 Å². The third kappa shape index (κ3) is 3.64. The van der Waals surface area contributed by atoms with E-state index >= 15 is 0 Å². The zero-order valence-corrected chi connectivity index (χ0v) is 14.0. The minimum atomic E-state index is -0.862. The van der Waals surface area contributed by atoms with E-state index in [4.69, 9.17) is 4.74 Å². The van der Waals surface area contributed by atoms with Crippen molar-refractivity contribution in [2.24, 2.45) is 0 Å². The molecule has 6 heteroatoms. The van der Waals surface area contributed by atoms with Gasteiger partial charge in [0.05, 0.1) is 12.7 Å². The molecule has 1 aliphatic heterocycles. The van der Waals surface area contributed by atoms with E-state index in [2.05, 4.69) is 11.8 Å². The highest BCUT2D eigenvalue weighted by Crippen LogP contribution is 2.27. The molecular weight excluding hydrogens is 296 g/mol. The number of carboxylic acid groups (broad SMARTS) is 1. The van der Waals surface area contributed by atoms with Crippen molar-refractivity contribution >= 4 is 12.1 Å². The van der Waals surface area contributed by atoms with E-state index in [0.717, 1.165) is 5.56 Å². The fourth-order valence-electron chi connectivity index (χ4n) is 3.17. The topological polar surface area (TPSA) is 70.1 Å². The lowest BCUT2D eigenvalue weighted by Gasteiger charge is -2.45. The molecule has 1 amide bonds. The van der Waals surface area contributed by atoms with Crippen LogP contribution < -0.4 is 0 Å². The number of ether oxygens (including phenoxy) is 1. The van der Waals surface area contributed by atoms with Crippen molar-refractivity contribution in [1.82, 2.24) is 9.80 Å². The summed E-state index contributed by atoms with van der Waals surface area (Å²) in [4.78, 5) is 26.5. The molecule has 0 spiro atoms. The van der Waals surface area contributed by atoms with Crippen LogP contribution in [-0.4, -0.2) is 59.3 Å². The summed E-state index contributed by atoms with van der Waals surface area (Å²) in [5.41, 5.74) is 1.63. The van der Waals surface area contributed by atoms with E-state index in [-0.39, 0.29) is 24.1 Å². The van der Waals surface area contributed by atoms with Crippen LogP contribution in [0.1, 0.15) is 42.7 Å². The molecule has 3 unspecified atom stereocenters. The van der Waals surface area contributed by atoms with Gasteiger partial charge in [-0.1, -0.05) is 12.1 Å². The molecule has 0 bridgehead atoms. The standard InChI is InChI=1S/C17H24N2O4/c1-11-10-19(17(21)22)12(2)9-18(11)13(3)14-5-7-15(8-6-14)16(20)23-4/h5-8,11-13H,9-10H2,1-4H3,(H,21,22). The summed E-state index contributed by atoms with van der Waals surface area (Å²) >= 11 is 0. The number of hydrogen-bond donors (Lipinski definition) is 1. The van der Waals surface area contributed by atoms with Gasteiger partial charge in [0.25, 0.3) is 0 Å². The molecule has 3 atom stereocenters. The van der Waals surface area contributed by atoms with Crippen molar-refractivity contribution in [3.05, 3.63) is 35.4 Å². The number of carbonyl (C=O) groups excluding carboxylic acids is 1. The van der Waals surface area contributed by atoms with Crippen LogP contribution >= 0.6 is 0 Å². The average Bonchev–Trinajstić information content (AvgIpc) is 2.55. The van der Waals surface area contributed by atoms with E-state index in [1.54, 1.807) is 12.1 Å². The lowest BCUT2D eigenvalue weighted by Crippen LogP contribution is -2.58. The van der Waals surface area contributed by atoms with Gasteiger partial charge in [0.2, 0.25) is 0 Å². The number of amides is 1. The Labute approximate surface area is 136 Å². The highest BCUT2D eigenvalue weighted by molar-refractivity contribution is 5.89. The van der Waals surface area contributed by atoms with Crippen molar-refractivity contribution in [3.63, 3.8) is 0 Å². The summed E-state index contributed by atoms with van der Waals surface area (Å²) in [6, 6.07) is 7.63. The Morgan fingerprint density at radius 1 is 1.17 bits per heavy atom. The van der Waals surface area contributed by atoms with Gasteiger partial charge in [-0.25, -0.2) is 9.59 Å². The second-order valence-electron chi connectivity index (χ2n) is 6.12. The van der Waals surface area contributed by atoms with Gasteiger partial charge in [0, 0.05) is 31.2 Å². The molecule has 1 heterocycles. The van der Waals surface area contributed by atoms with Crippen LogP contribution in [0.3, 0.4) is 0 Å². The average molecular weight is 320 g/mol. The Kier molecular flexibility index (Phi) is 5.26. The van der Waals surface area contributed by atoms with E-state index < -0.39 is 6.09 Å². The number of nitrogens with zero attached hydrogens (tertiary/aromatic N) is 2. The molecule has 1 aliphatic rings. The summed E-state index contributed by atoms with van der Waals surface area (Å²) in [7, 11) is 1.36. The molecule has 0 radical (unpaired) electrons. The summed E-state index contributed by atoms with van der Waals surface area (Å²) in [5, 5.41) is 9.24. The monoisotopic (exact) mass is 320 g/mol. The molecule has 0 aliphatic carbocycles. The van der Waals surface area contributed by atoms with Gasteiger partial charge in [-0.15, -0.1) is 0 Å². The zero-order valence-electron chi connectivity index (χ0n) is 14.0. The first-order chi connectivity index (χ1) is 10.8. The third-order valence-electron chi connectivity index (χ3n) is 4.59. The fourth-order valence-corrected chi connectivity index (χ4v) is 3.17. The quantitative estimate of drug-likeness (QED) is 0.867. The number of piperazine rings is 1. The minimum Gasteiger partial charge on any atom is -0.465 e. The van der Waals surface area contributed by atoms with Crippen molar-refractivity contribution in [2.75, 3.05) is 20.2 Å². The van der Waals surface area contributed by atoms with E-state index in [9.17, 15) is 14.7 Å². The van der Waals surface area contributed by atoms with Crippen molar-refractivity contribution < 1.29 is 19.4 Å². The smallest absolute Gasteiger partial charge is 0.407 e. The summed E-state index contributed by atoms with van der Waals surface area (Å²) < 4.78 is 4.71. The molecule has 6 nitrogen and oxygen atoms in total. The van der Waals surface area contributed by atoms with Gasteiger partial charge in [-0.05, 0) is 38.5 Å². The number of rotatable bonds is 3. The van der Waals surface area contributed by atoms with Crippen molar-refractivity contribution in [3.8, 4) is 0 Å². The summed E-state index contributed by atoms with van der Waals surface area (Å²) in [5.74, 6) is -0.346. The Morgan fingerprint density at radius 3 is 2.30 bits per heavy atom. The number of hydrogen-bond acceptors (Lipinski definition) is 4. The number of benzene rings is 1. The summed E-state index contributed by atoms with van der Waals surface area (Å²) in [6.45, 7) is 7.27. The fraction of sp³-hybridized carbons (Fsp3) is 0.529. The van der Waals surface area contributed by atoms with E-state index in [1.165, 1.54) is 12.0 Å². The first kappa shape index (κ1) is 17.3. The second-order valence-corrected chi connectivity index (χ2v) is 6.12. The van der Waals surface area contributed by atoms with Crippen molar-refractivity contribution in [1.29, 1.82) is 0 Å². The van der Waals surface area contributed by atoms with E-state index in [1.807, 2.05) is 26.0 Å². The molecule has 1 N–H and O–H groups in total. The molecule has 0 aromatic heterocycles. The van der Waals surface area contributed by atoms with Crippen LogP contribution in [0, 0.1) is 0 Å². The molecule has 1 aromatic rings. The Balaban J connectivity index is 2.12. The maximum Gasteiger partial charge on any atom is 0.407 e.